The third-order valence-corrected chi connectivity index (χ3v) is 3.74. The first-order valence-electron chi connectivity index (χ1n) is 6.38. The minimum absolute atomic E-state index is 0.241. The number of benzene rings is 1. The summed E-state index contributed by atoms with van der Waals surface area (Å²) in [5.74, 6) is 1.03. The molecule has 0 radical (unpaired) electrons. The molecule has 6 nitrogen and oxygen atoms in total. The van der Waals surface area contributed by atoms with Crippen molar-refractivity contribution in [3.8, 4) is 0 Å². The van der Waals surface area contributed by atoms with Gasteiger partial charge in [0.1, 0.15) is 18.0 Å². The van der Waals surface area contributed by atoms with Gasteiger partial charge in [0.05, 0.1) is 6.54 Å². The summed E-state index contributed by atoms with van der Waals surface area (Å²) >= 11 is 1.36. The van der Waals surface area contributed by atoms with Crippen molar-refractivity contribution in [1.29, 1.82) is 0 Å². The molecule has 8 heteroatoms. The number of thioether (sulfide) groups is 1. The lowest BCUT2D eigenvalue weighted by molar-refractivity contribution is 0.240. The lowest BCUT2D eigenvalue weighted by Crippen LogP contribution is -2.36. The predicted octanol–water partition coefficient (Wildman–Crippen LogP) is 1.55. The molecule has 1 heterocycles. The Kier molecular flexibility index (Phi) is 5.56. The average molecular weight is 309 g/mol. The van der Waals surface area contributed by atoms with Gasteiger partial charge in [-0.1, -0.05) is 12.1 Å². The lowest BCUT2D eigenvalue weighted by Gasteiger charge is -2.07. The van der Waals surface area contributed by atoms with Crippen molar-refractivity contribution >= 4 is 17.8 Å². The van der Waals surface area contributed by atoms with E-state index >= 15 is 0 Å². The lowest BCUT2D eigenvalue weighted by atomic mass is 10.3. The average Bonchev–Trinajstić information content (AvgIpc) is 2.88. The van der Waals surface area contributed by atoms with Gasteiger partial charge in [0.25, 0.3) is 0 Å². The maximum atomic E-state index is 13.4. The fourth-order valence-electron chi connectivity index (χ4n) is 1.59. The number of hydrogen-bond acceptors (Lipinski definition) is 4. The second-order valence-electron chi connectivity index (χ2n) is 4.19. The summed E-state index contributed by atoms with van der Waals surface area (Å²) in [4.78, 5) is 16.1. The van der Waals surface area contributed by atoms with Crippen LogP contribution in [0.25, 0.3) is 0 Å². The van der Waals surface area contributed by atoms with Gasteiger partial charge < -0.3 is 10.6 Å². The molecule has 2 rings (SSSR count). The second-order valence-corrected chi connectivity index (χ2v) is 5.32. The van der Waals surface area contributed by atoms with Gasteiger partial charge in [0, 0.05) is 24.2 Å². The highest BCUT2D eigenvalue weighted by atomic mass is 32.2. The van der Waals surface area contributed by atoms with Gasteiger partial charge in [-0.05, 0) is 12.1 Å². The zero-order valence-electron chi connectivity index (χ0n) is 11.5. The minimum atomic E-state index is -0.285. The molecule has 2 amide bonds. The summed E-state index contributed by atoms with van der Waals surface area (Å²) in [5, 5.41) is 9.29. The van der Waals surface area contributed by atoms with Crippen LogP contribution in [0.3, 0.4) is 0 Å². The van der Waals surface area contributed by atoms with Gasteiger partial charge in [0.15, 0.2) is 0 Å². The molecule has 21 heavy (non-hydrogen) atoms. The number of amides is 2. The largest absolute Gasteiger partial charge is 0.337 e. The highest BCUT2D eigenvalue weighted by molar-refractivity contribution is 7.99. The van der Waals surface area contributed by atoms with Crippen molar-refractivity contribution < 1.29 is 9.18 Å². The molecule has 0 saturated carbocycles. The van der Waals surface area contributed by atoms with Gasteiger partial charge in [-0.2, -0.15) is 5.10 Å². The molecule has 1 aromatic carbocycles. The van der Waals surface area contributed by atoms with E-state index in [0.717, 1.165) is 0 Å². The van der Waals surface area contributed by atoms with E-state index in [1.807, 2.05) is 0 Å². The molecule has 0 aliphatic heterocycles. The predicted molar refractivity (Wildman–Crippen MR) is 78.4 cm³/mol. The van der Waals surface area contributed by atoms with Crippen molar-refractivity contribution in [2.24, 2.45) is 7.05 Å². The zero-order valence-corrected chi connectivity index (χ0v) is 12.4. The van der Waals surface area contributed by atoms with Gasteiger partial charge in [-0.3, -0.25) is 4.68 Å². The molecule has 2 N–H and O–H groups in total. The number of aryl methyl sites for hydroxylation is 1. The molecule has 0 unspecified atom stereocenters. The van der Waals surface area contributed by atoms with Crippen molar-refractivity contribution in [3.05, 3.63) is 42.2 Å². The van der Waals surface area contributed by atoms with Crippen LogP contribution < -0.4 is 10.6 Å². The number of nitrogens with zero attached hydrogens (tertiary/aromatic N) is 3. The van der Waals surface area contributed by atoms with Gasteiger partial charge >= 0.3 is 6.03 Å². The Labute approximate surface area is 126 Å². The summed E-state index contributed by atoms with van der Waals surface area (Å²) in [6, 6.07) is 6.29. The van der Waals surface area contributed by atoms with E-state index in [-0.39, 0.29) is 11.8 Å². The van der Waals surface area contributed by atoms with Gasteiger partial charge in [0.2, 0.25) is 0 Å². The van der Waals surface area contributed by atoms with Crippen molar-refractivity contribution in [1.82, 2.24) is 25.4 Å². The molecule has 0 aliphatic carbocycles. The second kappa shape index (κ2) is 7.63. The molecule has 0 spiro atoms. The summed E-state index contributed by atoms with van der Waals surface area (Å²) in [6.45, 7) is 0.756. The van der Waals surface area contributed by atoms with Crippen LogP contribution in [0, 0.1) is 5.82 Å². The van der Waals surface area contributed by atoms with Crippen LogP contribution in [0.1, 0.15) is 5.82 Å². The van der Waals surface area contributed by atoms with E-state index in [1.54, 1.807) is 29.9 Å². The van der Waals surface area contributed by atoms with Crippen molar-refractivity contribution in [3.63, 3.8) is 0 Å². The van der Waals surface area contributed by atoms with E-state index in [4.69, 9.17) is 0 Å². The topological polar surface area (TPSA) is 71.8 Å². The van der Waals surface area contributed by atoms with E-state index in [2.05, 4.69) is 20.7 Å². The van der Waals surface area contributed by atoms with Crippen LogP contribution >= 0.6 is 11.8 Å². The SMILES string of the molecule is Cn1ncnc1CNC(=O)NCCSc1ccccc1F. The molecule has 0 bridgehead atoms. The van der Waals surface area contributed by atoms with Crippen LogP contribution in [-0.2, 0) is 13.6 Å². The van der Waals surface area contributed by atoms with E-state index < -0.39 is 0 Å². The molecule has 0 atom stereocenters. The first-order valence-corrected chi connectivity index (χ1v) is 7.37. The number of urea groups is 1. The van der Waals surface area contributed by atoms with Gasteiger partial charge in [-0.15, -0.1) is 11.8 Å². The van der Waals surface area contributed by atoms with Crippen molar-refractivity contribution in [2.75, 3.05) is 12.3 Å². The Morgan fingerprint density at radius 2 is 2.19 bits per heavy atom. The van der Waals surface area contributed by atoms with Crippen LogP contribution in [0.2, 0.25) is 0 Å². The first kappa shape index (κ1) is 15.3. The molecular weight excluding hydrogens is 293 g/mol. The highest BCUT2D eigenvalue weighted by Crippen LogP contribution is 2.20. The minimum Gasteiger partial charge on any atom is -0.337 e. The zero-order chi connectivity index (χ0) is 15.1. The molecular formula is C13H16FN5OS. The number of aromatic nitrogens is 3. The van der Waals surface area contributed by atoms with E-state index in [1.165, 1.54) is 24.2 Å². The normalized spacial score (nSPS) is 10.4. The number of nitrogens with one attached hydrogen (secondary N) is 2. The summed E-state index contributed by atoms with van der Waals surface area (Å²) in [5.41, 5.74) is 0. The smallest absolute Gasteiger partial charge is 0.315 e. The molecule has 1 aromatic heterocycles. The van der Waals surface area contributed by atoms with E-state index in [9.17, 15) is 9.18 Å². The van der Waals surface area contributed by atoms with Crippen LogP contribution in [0.5, 0.6) is 0 Å². The van der Waals surface area contributed by atoms with Crippen LogP contribution in [0.4, 0.5) is 9.18 Å². The number of hydrogen-bond donors (Lipinski definition) is 2. The Bertz CT molecular complexity index is 604. The molecule has 2 aromatic rings. The fraction of sp³-hybridized carbons (Fsp3) is 0.308. The Morgan fingerprint density at radius 3 is 2.90 bits per heavy atom. The fourth-order valence-corrected chi connectivity index (χ4v) is 2.39. The molecule has 0 fully saturated rings. The quantitative estimate of drug-likeness (QED) is 0.627. The third kappa shape index (κ3) is 4.75. The number of halogens is 1. The third-order valence-electron chi connectivity index (χ3n) is 2.69. The van der Waals surface area contributed by atoms with Crippen LogP contribution in [-0.4, -0.2) is 33.1 Å². The molecule has 112 valence electrons. The summed E-state index contributed by atoms with van der Waals surface area (Å²) in [7, 11) is 1.76. The maximum absolute atomic E-state index is 13.4. The van der Waals surface area contributed by atoms with E-state index in [0.29, 0.717) is 29.6 Å². The Balaban J connectivity index is 1.63. The number of rotatable bonds is 6. The number of carbonyl (C=O) groups is 1. The number of carbonyl (C=O) groups excluding carboxylic acids is 1. The van der Waals surface area contributed by atoms with Crippen molar-refractivity contribution in [2.45, 2.75) is 11.4 Å². The molecule has 0 saturated heterocycles. The standard InChI is InChI=1S/C13H16FN5OS/c1-19-12(17-9-18-19)8-16-13(20)15-6-7-21-11-5-3-2-4-10(11)14/h2-5,9H,6-8H2,1H3,(H2,15,16,20). The summed E-state index contributed by atoms with van der Waals surface area (Å²) < 4.78 is 14.9. The summed E-state index contributed by atoms with van der Waals surface area (Å²) in [6.07, 6.45) is 1.43. The highest BCUT2D eigenvalue weighted by Gasteiger charge is 2.04. The van der Waals surface area contributed by atoms with Gasteiger partial charge in [-0.25, -0.2) is 14.2 Å². The monoisotopic (exact) mass is 309 g/mol. The first-order chi connectivity index (χ1) is 10.2. The Morgan fingerprint density at radius 1 is 1.38 bits per heavy atom. The Hall–Kier alpha value is -2.09. The maximum Gasteiger partial charge on any atom is 0.315 e. The molecule has 0 aliphatic rings. The van der Waals surface area contributed by atoms with Crippen LogP contribution in [0.15, 0.2) is 35.5 Å².